The Balaban J connectivity index is 0.00000131. The van der Waals surface area contributed by atoms with Crippen LogP contribution >= 0.6 is 24.8 Å². The number of hydrogen-bond acceptors (Lipinski definition) is 4. The van der Waals surface area contributed by atoms with E-state index in [9.17, 15) is 4.79 Å². The van der Waals surface area contributed by atoms with Crippen LogP contribution in [0.15, 0.2) is 42.5 Å². The molecule has 0 unspecified atom stereocenters. The maximum atomic E-state index is 12.5. The molecule has 0 aliphatic carbocycles. The molecule has 1 saturated heterocycles. The smallest absolute Gasteiger partial charge is 0.255 e. The lowest BCUT2D eigenvalue weighted by atomic mass is 10.1. The van der Waals surface area contributed by atoms with Crippen molar-refractivity contribution < 1.29 is 9.53 Å². The number of nitrogens with one attached hydrogen (secondary N) is 2. The van der Waals surface area contributed by atoms with Crippen LogP contribution < -0.4 is 10.6 Å². The molecule has 1 fully saturated rings. The van der Waals surface area contributed by atoms with Crippen LogP contribution in [0.2, 0.25) is 0 Å². The third kappa shape index (κ3) is 5.36. The molecule has 2 aromatic carbocycles. The minimum atomic E-state index is -0.0596. The van der Waals surface area contributed by atoms with Crippen molar-refractivity contribution in [2.75, 3.05) is 43.5 Å². The van der Waals surface area contributed by atoms with Gasteiger partial charge in [-0.25, -0.2) is 0 Å². The first-order valence-corrected chi connectivity index (χ1v) is 8.85. The van der Waals surface area contributed by atoms with Crippen molar-refractivity contribution in [1.82, 2.24) is 4.90 Å². The van der Waals surface area contributed by atoms with Gasteiger partial charge in [0.1, 0.15) is 0 Å². The van der Waals surface area contributed by atoms with Crippen LogP contribution in [-0.4, -0.2) is 43.7 Å². The molecule has 0 spiro atoms. The van der Waals surface area contributed by atoms with Gasteiger partial charge in [-0.1, -0.05) is 12.1 Å². The monoisotopic (exact) mass is 409 g/mol. The lowest BCUT2D eigenvalue weighted by Crippen LogP contribution is -2.35. The number of anilines is 2. The van der Waals surface area contributed by atoms with Gasteiger partial charge in [0.25, 0.3) is 5.91 Å². The summed E-state index contributed by atoms with van der Waals surface area (Å²) in [5, 5.41) is 6.30. The summed E-state index contributed by atoms with van der Waals surface area (Å²) in [4.78, 5) is 14.8. The summed E-state index contributed by atoms with van der Waals surface area (Å²) in [7, 11) is 0. The summed E-state index contributed by atoms with van der Waals surface area (Å²) in [6.07, 6.45) is 0.979. The van der Waals surface area contributed by atoms with Crippen molar-refractivity contribution in [3.8, 4) is 0 Å². The standard InChI is InChI=1S/C20H23N3O2.2ClH/c24-20(17-3-6-19-16(13-17)7-8-21-19)22-18-4-1-15(2-5-18)14-23-9-11-25-12-10-23;;/h1-6,13,21H,7-12,14H2,(H,22,24);2*1H. The molecule has 0 aromatic heterocycles. The SMILES string of the molecule is Cl.Cl.O=C(Nc1ccc(CN2CCOCC2)cc1)c1ccc2c(c1)CCN2. The molecule has 2 aromatic rings. The molecule has 0 bridgehead atoms. The van der Waals surface area contributed by atoms with Crippen molar-refractivity contribution in [1.29, 1.82) is 0 Å². The number of nitrogens with zero attached hydrogens (tertiary/aromatic N) is 1. The van der Waals surface area contributed by atoms with Crippen LogP contribution in [0.5, 0.6) is 0 Å². The number of halogens is 2. The van der Waals surface area contributed by atoms with Gasteiger partial charge in [-0.15, -0.1) is 24.8 Å². The number of amides is 1. The van der Waals surface area contributed by atoms with E-state index in [0.29, 0.717) is 5.56 Å². The Morgan fingerprint density at radius 2 is 1.81 bits per heavy atom. The lowest BCUT2D eigenvalue weighted by Gasteiger charge is -2.26. The number of rotatable bonds is 4. The number of fused-ring (bicyclic) bond motifs is 1. The van der Waals surface area contributed by atoms with E-state index < -0.39 is 0 Å². The fraction of sp³-hybridized carbons (Fsp3) is 0.350. The lowest BCUT2D eigenvalue weighted by molar-refractivity contribution is 0.0342. The summed E-state index contributed by atoms with van der Waals surface area (Å²) in [6, 6.07) is 14.0. The van der Waals surface area contributed by atoms with E-state index in [4.69, 9.17) is 4.74 Å². The van der Waals surface area contributed by atoms with Crippen molar-refractivity contribution in [2.24, 2.45) is 0 Å². The second-order valence-electron chi connectivity index (χ2n) is 6.59. The van der Waals surface area contributed by atoms with Crippen molar-refractivity contribution in [2.45, 2.75) is 13.0 Å². The molecule has 0 radical (unpaired) electrons. The van der Waals surface area contributed by atoms with Crippen LogP contribution in [0.1, 0.15) is 21.5 Å². The van der Waals surface area contributed by atoms with Gasteiger partial charge in [-0.05, 0) is 47.9 Å². The summed E-state index contributed by atoms with van der Waals surface area (Å²) in [6.45, 7) is 5.45. The normalized spacial score (nSPS) is 15.7. The molecule has 2 aliphatic heterocycles. The summed E-state index contributed by atoms with van der Waals surface area (Å²) in [5.74, 6) is -0.0596. The van der Waals surface area contributed by atoms with E-state index in [1.807, 2.05) is 30.3 Å². The van der Waals surface area contributed by atoms with E-state index >= 15 is 0 Å². The quantitative estimate of drug-likeness (QED) is 0.809. The molecule has 4 rings (SSSR count). The number of benzene rings is 2. The first-order valence-electron chi connectivity index (χ1n) is 8.85. The van der Waals surface area contributed by atoms with E-state index in [1.54, 1.807) is 0 Å². The Morgan fingerprint density at radius 1 is 1.07 bits per heavy atom. The number of hydrogen-bond donors (Lipinski definition) is 2. The minimum absolute atomic E-state index is 0. The number of carbonyl (C=O) groups excluding carboxylic acids is 1. The summed E-state index contributed by atoms with van der Waals surface area (Å²) < 4.78 is 5.38. The van der Waals surface area contributed by atoms with Crippen LogP contribution in [0.25, 0.3) is 0 Å². The maximum absolute atomic E-state index is 12.5. The average molecular weight is 410 g/mol. The molecule has 7 heteroatoms. The molecule has 5 nitrogen and oxygen atoms in total. The highest BCUT2D eigenvalue weighted by molar-refractivity contribution is 6.04. The molecule has 2 aliphatic rings. The molecule has 1 amide bonds. The third-order valence-electron chi connectivity index (χ3n) is 4.80. The minimum Gasteiger partial charge on any atom is -0.384 e. The zero-order chi connectivity index (χ0) is 17.1. The largest absolute Gasteiger partial charge is 0.384 e. The molecule has 146 valence electrons. The van der Waals surface area contributed by atoms with Gasteiger partial charge in [0.2, 0.25) is 0 Å². The molecule has 0 saturated carbocycles. The topological polar surface area (TPSA) is 53.6 Å². The van der Waals surface area contributed by atoms with Crippen LogP contribution in [0.4, 0.5) is 11.4 Å². The van der Waals surface area contributed by atoms with Crippen molar-refractivity contribution >= 4 is 42.1 Å². The number of ether oxygens (including phenoxy) is 1. The highest BCUT2D eigenvalue weighted by atomic mass is 35.5. The number of carbonyl (C=O) groups is 1. The first kappa shape index (κ1) is 21.5. The Hall–Kier alpha value is -1.79. The predicted molar refractivity (Wildman–Crippen MR) is 114 cm³/mol. The van der Waals surface area contributed by atoms with Gasteiger partial charge in [0, 0.05) is 43.1 Å². The second-order valence-corrected chi connectivity index (χ2v) is 6.59. The van der Waals surface area contributed by atoms with Gasteiger partial charge in [0.15, 0.2) is 0 Å². The van der Waals surface area contributed by atoms with E-state index in [2.05, 4.69) is 27.7 Å². The molecule has 0 atom stereocenters. The van der Waals surface area contributed by atoms with Gasteiger partial charge in [-0.2, -0.15) is 0 Å². The zero-order valence-corrected chi connectivity index (χ0v) is 16.7. The second kappa shape index (κ2) is 9.95. The highest BCUT2D eigenvalue weighted by Crippen LogP contribution is 2.23. The van der Waals surface area contributed by atoms with Crippen LogP contribution in [0, 0.1) is 0 Å². The first-order chi connectivity index (χ1) is 12.3. The number of morpholine rings is 1. The third-order valence-corrected chi connectivity index (χ3v) is 4.80. The molecular weight excluding hydrogens is 385 g/mol. The molecule has 27 heavy (non-hydrogen) atoms. The Kier molecular flexibility index (Phi) is 7.92. The molecule has 2 heterocycles. The van der Waals surface area contributed by atoms with Gasteiger partial charge in [0.05, 0.1) is 13.2 Å². The summed E-state index contributed by atoms with van der Waals surface area (Å²) >= 11 is 0. The zero-order valence-electron chi connectivity index (χ0n) is 15.1. The van der Waals surface area contributed by atoms with Crippen molar-refractivity contribution in [3.05, 3.63) is 59.2 Å². The van der Waals surface area contributed by atoms with Crippen molar-refractivity contribution in [3.63, 3.8) is 0 Å². The Labute approximate surface area is 172 Å². The predicted octanol–water partition coefficient (Wildman–Crippen LogP) is 3.58. The highest BCUT2D eigenvalue weighted by Gasteiger charge is 2.14. The Bertz CT molecular complexity index is 762. The fourth-order valence-electron chi connectivity index (χ4n) is 3.36. The van der Waals surface area contributed by atoms with Gasteiger partial charge < -0.3 is 15.4 Å². The maximum Gasteiger partial charge on any atom is 0.255 e. The average Bonchev–Trinajstić information content (AvgIpc) is 3.12. The fourth-order valence-corrected chi connectivity index (χ4v) is 3.36. The van der Waals surface area contributed by atoms with Crippen LogP contribution in [-0.2, 0) is 17.7 Å². The molecule has 2 N–H and O–H groups in total. The summed E-state index contributed by atoms with van der Waals surface area (Å²) in [5.41, 5.74) is 5.15. The van der Waals surface area contributed by atoms with E-state index in [1.165, 1.54) is 11.1 Å². The Morgan fingerprint density at radius 3 is 2.56 bits per heavy atom. The van der Waals surface area contributed by atoms with Crippen LogP contribution in [0.3, 0.4) is 0 Å². The van der Waals surface area contributed by atoms with E-state index in [0.717, 1.165) is 57.2 Å². The van der Waals surface area contributed by atoms with E-state index in [-0.39, 0.29) is 30.7 Å². The van der Waals surface area contributed by atoms with Gasteiger partial charge >= 0.3 is 0 Å². The van der Waals surface area contributed by atoms with Gasteiger partial charge in [-0.3, -0.25) is 9.69 Å². The molecular formula is C20H25Cl2N3O2.